The van der Waals surface area contributed by atoms with Gasteiger partial charge in [0.25, 0.3) is 0 Å². The van der Waals surface area contributed by atoms with E-state index in [1.807, 2.05) is 18.2 Å². The fourth-order valence-corrected chi connectivity index (χ4v) is 2.22. The van der Waals surface area contributed by atoms with Crippen molar-refractivity contribution < 1.29 is 5.11 Å². The predicted molar refractivity (Wildman–Crippen MR) is 68.0 cm³/mol. The molecule has 0 bridgehead atoms. The molecule has 1 heterocycles. The molecule has 1 N–H and O–H groups in total. The van der Waals surface area contributed by atoms with Crippen LogP contribution in [0.3, 0.4) is 0 Å². The van der Waals surface area contributed by atoms with E-state index >= 15 is 0 Å². The number of rotatable bonds is 2. The number of hydrogen-bond donors (Lipinski definition) is 1. The predicted octanol–water partition coefficient (Wildman–Crippen LogP) is 2.99. The normalized spacial score (nSPS) is 16.2. The van der Waals surface area contributed by atoms with Gasteiger partial charge in [0, 0.05) is 13.1 Å². The first-order chi connectivity index (χ1) is 7.70. The molecule has 0 spiro atoms. The number of aliphatic hydroxyl groups is 1. The maximum Gasteiger partial charge on any atom is 0.0682 e. The molecule has 0 aliphatic carbocycles. The smallest absolute Gasteiger partial charge is 0.0682 e. The van der Waals surface area contributed by atoms with Gasteiger partial charge in [-0.1, -0.05) is 29.3 Å². The molecule has 1 aromatic rings. The van der Waals surface area contributed by atoms with Crippen LogP contribution in [0.1, 0.15) is 18.9 Å². The van der Waals surface area contributed by atoms with E-state index in [0.717, 1.165) is 35.8 Å². The number of aliphatic hydroxyl groups excluding tert-OH is 1. The Morgan fingerprint density at radius 1 is 1.44 bits per heavy atom. The van der Waals surface area contributed by atoms with Gasteiger partial charge < -0.3 is 10.0 Å². The summed E-state index contributed by atoms with van der Waals surface area (Å²) in [6.45, 7) is 4.14. The van der Waals surface area contributed by atoms with Crippen molar-refractivity contribution in [2.75, 3.05) is 18.0 Å². The molecule has 2 nitrogen and oxygen atoms in total. The highest BCUT2D eigenvalue weighted by Gasteiger charge is 2.13. The van der Waals surface area contributed by atoms with Crippen LogP contribution in [-0.2, 0) is 6.61 Å². The Labute approximate surface area is 101 Å². The van der Waals surface area contributed by atoms with E-state index in [0.29, 0.717) is 0 Å². The molecule has 1 aliphatic rings. The van der Waals surface area contributed by atoms with Crippen LogP contribution in [0.2, 0.25) is 5.02 Å². The van der Waals surface area contributed by atoms with Gasteiger partial charge in [0.2, 0.25) is 0 Å². The molecule has 1 aliphatic heterocycles. The molecule has 0 atom stereocenters. The summed E-state index contributed by atoms with van der Waals surface area (Å²) in [4.78, 5) is 2.26. The van der Waals surface area contributed by atoms with Crippen LogP contribution >= 0.6 is 11.6 Å². The van der Waals surface area contributed by atoms with Crippen molar-refractivity contribution in [3.05, 3.63) is 40.4 Å². The van der Waals surface area contributed by atoms with Crippen molar-refractivity contribution in [2.45, 2.75) is 20.0 Å². The zero-order valence-electron chi connectivity index (χ0n) is 9.41. The molecule has 0 aromatic heterocycles. The summed E-state index contributed by atoms with van der Waals surface area (Å²) in [7, 11) is 0. The van der Waals surface area contributed by atoms with Crippen molar-refractivity contribution in [1.29, 1.82) is 0 Å². The first-order valence-corrected chi connectivity index (χ1v) is 5.88. The molecule has 3 heteroatoms. The van der Waals surface area contributed by atoms with Gasteiger partial charge in [0.1, 0.15) is 0 Å². The van der Waals surface area contributed by atoms with E-state index in [4.69, 9.17) is 16.7 Å². The summed E-state index contributed by atoms with van der Waals surface area (Å²) in [6, 6.07) is 5.75. The lowest BCUT2D eigenvalue weighted by Gasteiger charge is -2.28. The maximum absolute atomic E-state index is 9.02. The third kappa shape index (κ3) is 2.39. The van der Waals surface area contributed by atoms with E-state index in [9.17, 15) is 0 Å². The SMILES string of the molecule is CC1=CCN(c2ccc(CO)cc2Cl)CC1. The van der Waals surface area contributed by atoms with Crippen molar-refractivity contribution in [3.63, 3.8) is 0 Å². The minimum absolute atomic E-state index is 0.0407. The quantitative estimate of drug-likeness (QED) is 0.800. The summed E-state index contributed by atoms with van der Waals surface area (Å²) < 4.78 is 0. The van der Waals surface area contributed by atoms with Crippen LogP contribution in [0, 0.1) is 0 Å². The summed E-state index contributed by atoms with van der Waals surface area (Å²) in [5.41, 5.74) is 3.36. The van der Waals surface area contributed by atoms with Gasteiger partial charge in [-0.3, -0.25) is 0 Å². The van der Waals surface area contributed by atoms with Crippen LogP contribution in [0.25, 0.3) is 0 Å². The number of nitrogens with zero attached hydrogens (tertiary/aromatic N) is 1. The summed E-state index contributed by atoms with van der Waals surface area (Å²) in [5.74, 6) is 0. The standard InChI is InChI=1S/C13H16ClNO/c1-10-4-6-15(7-5-10)13-3-2-11(9-16)8-12(13)14/h2-4,8,16H,5-7,9H2,1H3. The number of hydrogen-bond acceptors (Lipinski definition) is 2. The molecular weight excluding hydrogens is 222 g/mol. The van der Waals surface area contributed by atoms with Gasteiger partial charge in [0.15, 0.2) is 0 Å². The fourth-order valence-electron chi connectivity index (χ4n) is 1.89. The molecule has 1 aromatic carbocycles. The molecule has 0 unspecified atom stereocenters. The zero-order valence-corrected chi connectivity index (χ0v) is 10.2. The Balaban J connectivity index is 2.21. The first kappa shape index (κ1) is 11.5. The van der Waals surface area contributed by atoms with Crippen molar-refractivity contribution >= 4 is 17.3 Å². The van der Waals surface area contributed by atoms with E-state index in [1.54, 1.807) is 0 Å². The highest BCUT2D eigenvalue weighted by atomic mass is 35.5. The summed E-state index contributed by atoms with van der Waals surface area (Å²) in [6.07, 6.45) is 3.33. The largest absolute Gasteiger partial charge is 0.392 e. The lowest BCUT2D eigenvalue weighted by molar-refractivity contribution is 0.282. The van der Waals surface area contributed by atoms with Crippen LogP contribution in [-0.4, -0.2) is 18.2 Å². The van der Waals surface area contributed by atoms with Gasteiger partial charge in [-0.05, 0) is 31.0 Å². The van der Waals surface area contributed by atoms with Gasteiger partial charge in [-0.2, -0.15) is 0 Å². The third-order valence-corrected chi connectivity index (χ3v) is 3.27. The van der Waals surface area contributed by atoms with Crippen LogP contribution in [0.15, 0.2) is 29.8 Å². The molecule has 0 amide bonds. The monoisotopic (exact) mass is 237 g/mol. The molecule has 16 heavy (non-hydrogen) atoms. The summed E-state index contributed by atoms with van der Waals surface area (Å²) in [5, 5.41) is 9.74. The minimum Gasteiger partial charge on any atom is -0.392 e. The molecule has 86 valence electrons. The summed E-state index contributed by atoms with van der Waals surface area (Å²) >= 11 is 6.20. The van der Waals surface area contributed by atoms with Crippen LogP contribution in [0.5, 0.6) is 0 Å². The van der Waals surface area contributed by atoms with Gasteiger partial charge >= 0.3 is 0 Å². The Hall–Kier alpha value is -0.990. The lowest BCUT2D eigenvalue weighted by Crippen LogP contribution is -2.28. The number of anilines is 1. The molecule has 0 saturated carbocycles. The zero-order chi connectivity index (χ0) is 11.5. The van der Waals surface area contributed by atoms with Gasteiger partial charge in [-0.15, -0.1) is 0 Å². The molecule has 2 rings (SSSR count). The molecular formula is C13H16ClNO. The maximum atomic E-state index is 9.02. The first-order valence-electron chi connectivity index (χ1n) is 5.50. The second kappa shape index (κ2) is 4.89. The second-order valence-electron chi connectivity index (χ2n) is 4.19. The van der Waals surface area contributed by atoms with Crippen LogP contribution in [0.4, 0.5) is 5.69 Å². The van der Waals surface area contributed by atoms with Crippen molar-refractivity contribution in [2.24, 2.45) is 0 Å². The second-order valence-corrected chi connectivity index (χ2v) is 4.60. The topological polar surface area (TPSA) is 23.5 Å². The Bertz CT molecular complexity index is 414. The Morgan fingerprint density at radius 2 is 2.25 bits per heavy atom. The Kier molecular flexibility index (Phi) is 3.52. The molecule has 0 radical (unpaired) electrons. The highest BCUT2D eigenvalue weighted by molar-refractivity contribution is 6.33. The fraction of sp³-hybridized carbons (Fsp3) is 0.385. The average Bonchev–Trinajstić information content (AvgIpc) is 2.30. The molecule has 0 saturated heterocycles. The third-order valence-electron chi connectivity index (χ3n) is 2.97. The minimum atomic E-state index is 0.0407. The van der Waals surface area contributed by atoms with E-state index in [1.165, 1.54) is 5.57 Å². The van der Waals surface area contributed by atoms with Crippen molar-refractivity contribution in [1.82, 2.24) is 0 Å². The number of benzene rings is 1. The van der Waals surface area contributed by atoms with E-state index < -0.39 is 0 Å². The van der Waals surface area contributed by atoms with Gasteiger partial charge in [-0.25, -0.2) is 0 Å². The lowest BCUT2D eigenvalue weighted by atomic mass is 10.1. The van der Waals surface area contributed by atoms with Crippen molar-refractivity contribution in [3.8, 4) is 0 Å². The van der Waals surface area contributed by atoms with Gasteiger partial charge in [0.05, 0.1) is 17.3 Å². The average molecular weight is 238 g/mol. The Morgan fingerprint density at radius 3 is 2.81 bits per heavy atom. The van der Waals surface area contributed by atoms with Crippen LogP contribution < -0.4 is 4.90 Å². The molecule has 0 fully saturated rings. The van der Waals surface area contributed by atoms with E-state index in [-0.39, 0.29) is 6.61 Å². The highest BCUT2D eigenvalue weighted by Crippen LogP contribution is 2.28. The number of halogens is 1. The van der Waals surface area contributed by atoms with E-state index in [2.05, 4.69) is 17.9 Å².